The molecule has 1 spiro atoms. The first-order chi connectivity index (χ1) is 17.1. The molecule has 2 aromatic rings. The number of para-hydroxylation sites is 2. The molecule has 0 bridgehead atoms. The fourth-order valence-electron chi connectivity index (χ4n) is 4.38. The Morgan fingerprint density at radius 1 is 1.03 bits per heavy atom. The van der Waals surface area contributed by atoms with E-state index in [1.54, 1.807) is 0 Å². The van der Waals surface area contributed by atoms with E-state index in [0.717, 1.165) is 54.6 Å². The van der Waals surface area contributed by atoms with E-state index < -0.39 is 5.41 Å². The Hall–Kier alpha value is -4.24. The van der Waals surface area contributed by atoms with E-state index in [1.807, 2.05) is 48.5 Å². The lowest BCUT2D eigenvalue weighted by Crippen LogP contribution is -2.53. The minimum Gasteiger partial charge on any atom is -0.371 e. The molecule has 0 aromatic heterocycles. The number of fused-ring (bicyclic) bond motifs is 1. The van der Waals surface area contributed by atoms with Crippen LogP contribution in [-0.2, 0) is 12.0 Å². The molecule has 4 rings (SSSR count). The molecule has 1 fully saturated rings. The Bertz CT molecular complexity index is 1190. The average molecular weight is 471 g/mol. The maximum Gasteiger partial charge on any atom is 0.176 e. The van der Waals surface area contributed by atoms with Crippen LogP contribution < -0.4 is 10.6 Å². The van der Waals surface area contributed by atoms with Crippen LogP contribution in [0.15, 0.2) is 74.0 Å². The lowest BCUT2D eigenvalue weighted by Gasteiger charge is -2.40. The van der Waals surface area contributed by atoms with Gasteiger partial charge in [-0.25, -0.2) is 4.99 Å². The second-order valence-corrected chi connectivity index (χ2v) is 8.58. The number of amidine groups is 1. The molecular formula is C23H26N12. The Morgan fingerprint density at radius 2 is 1.71 bits per heavy atom. The first-order valence-electron chi connectivity index (χ1n) is 11.3. The van der Waals surface area contributed by atoms with Crippen molar-refractivity contribution in [2.24, 2.45) is 25.4 Å². The summed E-state index contributed by atoms with van der Waals surface area (Å²) in [4.78, 5) is 10.4. The van der Waals surface area contributed by atoms with Crippen LogP contribution in [0.2, 0.25) is 0 Å². The number of nitrogens with zero attached hydrogens (tertiary/aromatic N) is 9. The summed E-state index contributed by atoms with van der Waals surface area (Å²) in [6.45, 7) is 2.09. The molecule has 0 atom stereocenters. The topological polar surface area (TPSA) is 183 Å². The monoisotopic (exact) mass is 470 g/mol. The summed E-state index contributed by atoms with van der Waals surface area (Å²) >= 11 is 0. The van der Waals surface area contributed by atoms with E-state index in [1.165, 1.54) is 0 Å². The van der Waals surface area contributed by atoms with Gasteiger partial charge in [-0.2, -0.15) is 5.11 Å². The molecule has 0 radical (unpaired) electrons. The first kappa shape index (κ1) is 23.9. The minimum atomic E-state index is -0.990. The molecule has 1 saturated heterocycles. The fraction of sp³-hybridized carbons (Fsp3) is 0.391. The van der Waals surface area contributed by atoms with Gasteiger partial charge in [0, 0.05) is 34.5 Å². The highest BCUT2D eigenvalue weighted by Crippen LogP contribution is 2.38. The molecule has 2 aliphatic heterocycles. The van der Waals surface area contributed by atoms with Gasteiger partial charge >= 0.3 is 0 Å². The lowest BCUT2D eigenvalue weighted by molar-refractivity contribution is 0.417. The minimum absolute atomic E-state index is 0.0175. The van der Waals surface area contributed by atoms with Crippen LogP contribution in [0.1, 0.15) is 24.0 Å². The summed E-state index contributed by atoms with van der Waals surface area (Å²) in [5, 5.41) is 31.2. The zero-order valence-electron chi connectivity index (χ0n) is 19.2. The highest BCUT2D eigenvalue weighted by atomic mass is 15.2. The number of azide groups is 2. The number of nitrogens with one attached hydrogen (secondary N) is 3. The Labute approximate surface area is 202 Å². The third kappa shape index (κ3) is 5.15. The van der Waals surface area contributed by atoms with Crippen LogP contribution in [0.25, 0.3) is 20.9 Å². The van der Waals surface area contributed by atoms with Crippen molar-refractivity contribution in [2.75, 3.05) is 31.5 Å². The molecule has 0 aliphatic carbocycles. The molecule has 2 aliphatic rings. The molecule has 12 nitrogen and oxygen atoms in total. The second-order valence-electron chi connectivity index (χ2n) is 8.58. The van der Waals surface area contributed by atoms with E-state index in [0.29, 0.717) is 12.4 Å². The Balaban J connectivity index is 1.54. The third-order valence-electron chi connectivity index (χ3n) is 6.45. The van der Waals surface area contributed by atoms with E-state index in [4.69, 9.17) is 21.5 Å². The van der Waals surface area contributed by atoms with Gasteiger partial charge in [-0.15, -0.1) is 5.11 Å². The fourth-order valence-corrected chi connectivity index (χ4v) is 4.38. The normalized spacial score (nSPS) is 17.8. The van der Waals surface area contributed by atoms with Gasteiger partial charge in [0.15, 0.2) is 5.84 Å². The van der Waals surface area contributed by atoms with Crippen molar-refractivity contribution >= 4 is 23.4 Å². The van der Waals surface area contributed by atoms with Gasteiger partial charge in [0.2, 0.25) is 0 Å². The number of hydrogen-bond donors (Lipinski definition) is 3. The van der Waals surface area contributed by atoms with Crippen LogP contribution in [0.3, 0.4) is 0 Å². The van der Waals surface area contributed by atoms with Gasteiger partial charge in [-0.1, -0.05) is 46.6 Å². The van der Waals surface area contributed by atoms with Crippen LogP contribution in [0, 0.1) is 5.41 Å². The standard InChI is InChI=1S/C23H26N12/c24-14-22(15-29-34-25,16-30-35-26)18-7-5-17(6-8-18)13-28-33-21-23(9-11-27-12-10-23)32-20-4-2-1-3-19(20)31-21/h1-8,14,24,27,32H,9-13,15-16H2. The van der Waals surface area contributed by atoms with Crippen LogP contribution >= 0.6 is 0 Å². The Morgan fingerprint density at radius 3 is 2.37 bits per heavy atom. The zero-order chi connectivity index (χ0) is 24.6. The summed E-state index contributed by atoms with van der Waals surface area (Å²) in [6.07, 6.45) is 2.90. The molecule has 12 heteroatoms. The first-order valence-corrected chi connectivity index (χ1v) is 11.3. The van der Waals surface area contributed by atoms with E-state index >= 15 is 0 Å². The Kier molecular flexibility index (Phi) is 7.37. The summed E-state index contributed by atoms with van der Waals surface area (Å²) in [6, 6.07) is 15.4. The van der Waals surface area contributed by atoms with E-state index in [9.17, 15) is 0 Å². The van der Waals surface area contributed by atoms with Gasteiger partial charge in [-0.3, -0.25) is 0 Å². The van der Waals surface area contributed by atoms with Gasteiger partial charge in [0.1, 0.15) is 5.54 Å². The van der Waals surface area contributed by atoms with Gasteiger partial charge in [0.25, 0.3) is 0 Å². The number of rotatable bonds is 8. The summed E-state index contributed by atoms with van der Waals surface area (Å²) in [5.41, 5.74) is 19.7. The summed E-state index contributed by atoms with van der Waals surface area (Å²) < 4.78 is 0. The van der Waals surface area contributed by atoms with Crippen LogP contribution in [-0.4, -0.2) is 43.8 Å². The molecule has 0 unspecified atom stereocenters. The predicted octanol–water partition coefficient (Wildman–Crippen LogP) is 5.42. The molecule has 3 N–H and O–H groups in total. The molecule has 0 amide bonds. The quantitative estimate of drug-likeness (QED) is 0.201. The zero-order valence-corrected chi connectivity index (χ0v) is 19.2. The SMILES string of the molecule is [N-]=[N+]=NCC(C=N)(CN=[N+]=[N-])c1ccc(CN=NC2=Nc3ccccc3NC23CCNCC3)cc1. The smallest absolute Gasteiger partial charge is 0.176 e. The maximum atomic E-state index is 8.73. The molecule has 178 valence electrons. The average Bonchev–Trinajstić information content (AvgIpc) is 2.90. The number of aliphatic imine (C=N–C) groups is 1. The molecule has 35 heavy (non-hydrogen) atoms. The van der Waals surface area contributed by atoms with Crippen molar-refractivity contribution in [1.82, 2.24) is 5.32 Å². The van der Waals surface area contributed by atoms with Crippen molar-refractivity contribution in [3.05, 3.63) is 80.5 Å². The van der Waals surface area contributed by atoms with Crippen molar-refractivity contribution in [3.8, 4) is 0 Å². The van der Waals surface area contributed by atoms with Crippen molar-refractivity contribution in [1.29, 1.82) is 5.41 Å². The number of hydrogen-bond acceptors (Lipinski definition) is 8. The van der Waals surface area contributed by atoms with Gasteiger partial charge in [-0.05, 0) is 60.3 Å². The van der Waals surface area contributed by atoms with E-state index in [-0.39, 0.29) is 18.6 Å². The molecule has 2 heterocycles. The van der Waals surface area contributed by atoms with Crippen molar-refractivity contribution < 1.29 is 0 Å². The van der Waals surface area contributed by atoms with E-state index in [2.05, 4.69) is 40.9 Å². The highest BCUT2D eigenvalue weighted by molar-refractivity contribution is 6.00. The maximum absolute atomic E-state index is 8.73. The van der Waals surface area contributed by atoms with Crippen LogP contribution in [0.4, 0.5) is 11.4 Å². The molecular weight excluding hydrogens is 444 g/mol. The summed E-state index contributed by atoms with van der Waals surface area (Å²) in [5.74, 6) is 0.695. The number of anilines is 1. The number of azo groups is 1. The van der Waals surface area contributed by atoms with Gasteiger partial charge in [0.05, 0.1) is 17.9 Å². The number of piperidine rings is 1. The van der Waals surface area contributed by atoms with Crippen molar-refractivity contribution in [3.63, 3.8) is 0 Å². The third-order valence-corrected chi connectivity index (χ3v) is 6.45. The van der Waals surface area contributed by atoms with Gasteiger partial charge < -0.3 is 16.0 Å². The highest BCUT2D eigenvalue weighted by Gasteiger charge is 2.40. The van der Waals surface area contributed by atoms with Crippen molar-refractivity contribution in [2.45, 2.75) is 30.3 Å². The summed E-state index contributed by atoms with van der Waals surface area (Å²) in [7, 11) is 0. The molecule has 0 saturated carbocycles. The molecule has 2 aromatic carbocycles. The number of benzene rings is 2. The second kappa shape index (κ2) is 10.8. The lowest BCUT2D eigenvalue weighted by atomic mass is 9.81. The largest absolute Gasteiger partial charge is 0.371 e. The van der Waals surface area contributed by atoms with Crippen LogP contribution in [0.5, 0.6) is 0 Å². The predicted molar refractivity (Wildman–Crippen MR) is 135 cm³/mol.